The Labute approximate surface area is 293 Å². The van der Waals surface area contributed by atoms with Gasteiger partial charge in [-0.25, -0.2) is 4.57 Å². The summed E-state index contributed by atoms with van der Waals surface area (Å²) in [6.07, 6.45) is 40.1. The Morgan fingerprint density at radius 2 is 0.958 bits per heavy atom. The number of allylic oxidation sites excluding steroid dienone is 6. The van der Waals surface area contributed by atoms with Gasteiger partial charge in [0, 0.05) is 12.8 Å². The Morgan fingerprint density at radius 1 is 0.542 bits per heavy atom. The van der Waals surface area contributed by atoms with E-state index in [1.807, 2.05) is 0 Å². The molecule has 8 nitrogen and oxygen atoms in total. The van der Waals surface area contributed by atoms with Gasteiger partial charge in [0.2, 0.25) is 0 Å². The summed E-state index contributed by atoms with van der Waals surface area (Å²) in [5, 5.41) is 0. The van der Waals surface area contributed by atoms with Gasteiger partial charge >= 0.3 is 19.8 Å². The molecule has 0 bridgehead atoms. The smallest absolute Gasteiger partial charge is 0.462 e. The Balaban J connectivity index is 3.92. The van der Waals surface area contributed by atoms with Crippen molar-refractivity contribution in [2.45, 2.75) is 187 Å². The second kappa shape index (κ2) is 35.1. The van der Waals surface area contributed by atoms with Crippen LogP contribution < -0.4 is 0 Å². The van der Waals surface area contributed by atoms with E-state index in [0.717, 1.165) is 77.0 Å². The molecule has 0 aliphatic carbocycles. The number of hydrogen-bond acceptors (Lipinski definition) is 6. The highest BCUT2D eigenvalue weighted by molar-refractivity contribution is 7.46. The van der Waals surface area contributed by atoms with Crippen LogP contribution in [0.5, 0.6) is 0 Å². The number of carbonyl (C=O) groups excluding carboxylic acids is 2. The van der Waals surface area contributed by atoms with Crippen molar-refractivity contribution in [3.63, 3.8) is 0 Å². The number of rotatable bonds is 35. The number of ether oxygens (including phenoxy) is 2. The molecule has 1 atom stereocenters. The molecule has 0 aliphatic rings. The van der Waals surface area contributed by atoms with Crippen LogP contribution in [-0.2, 0) is 28.2 Å². The highest BCUT2D eigenvalue weighted by Crippen LogP contribution is 2.36. The summed E-state index contributed by atoms with van der Waals surface area (Å²) in [4.78, 5) is 42.7. The lowest BCUT2D eigenvalue weighted by Gasteiger charge is -2.18. The molecule has 0 radical (unpaired) electrons. The van der Waals surface area contributed by atoms with Crippen molar-refractivity contribution < 1.29 is 37.9 Å². The fraction of sp³-hybridized carbons (Fsp3) is 0.795. The first-order valence-corrected chi connectivity index (χ1v) is 20.8. The van der Waals surface area contributed by atoms with E-state index < -0.39 is 32.5 Å². The lowest BCUT2D eigenvalue weighted by Crippen LogP contribution is -2.29. The van der Waals surface area contributed by atoms with E-state index in [0.29, 0.717) is 6.42 Å². The third kappa shape index (κ3) is 37.1. The van der Waals surface area contributed by atoms with Gasteiger partial charge < -0.3 is 19.3 Å². The monoisotopic (exact) mass is 698 g/mol. The van der Waals surface area contributed by atoms with Gasteiger partial charge in [0.25, 0.3) is 0 Å². The van der Waals surface area contributed by atoms with Crippen LogP contribution in [0.4, 0.5) is 0 Å². The van der Waals surface area contributed by atoms with Gasteiger partial charge in [0.1, 0.15) is 6.61 Å². The van der Waals surface area contributed by atoms with Crippen molar-refractivity contribution >= 4 is 19.8 Å². The standard InChI is InChI=1S/C39H71O8P/c1-3-5-7-9-11-13-15-16-17-18-19-20-21-22-24-25-27-29-31-33-38(40)45-35-37(36-46-48(42,43)44)47-39(41)34-32-30-28-26-23-14-12-10-8-6-4-2/h10-13,16-17,37H,3-9,14-15,18-36H2,1-2H3,(H2,42,43,44)/b12-10+,13-11+,17-16+/t37-/m1/s1. The van der Waals surface area contributed by atoms with Gasteiger partial charge in [-0.2, -0.15) is 0 Å². The van der Waals surface area contributed by atoms with Crippen LogP contribution in [0.25, 0.3) is 0 Å². The van der Waals surface area contributed by atoms with E-state index in [1.54, 1.807) is 0 Å². The molecular formula is C39H71O8P. The highest BCUT2D eigenvalue weighted by Gasteiger charge is 2.22. The topological polar surface area (TPSA) is 119 Å². The third-order valence-corrected chi connectivity index (χ3v) is 8.62. The summed E-state index contributed by atoms with van der Waals surface area (Å²) in [5.74, 6) is -0.901. The van der Waals surface area contributed by atoms with Crippen LogP contribution in [0.1, 0.15) is 181 Å². The molecule has 0 aromatic rings. The molecule has 48 heavy (non-hydrogen) atoms. The second-order valence-electron chi connectivity index (χ2n) is 12.9. The highest BCUT2D eigenvalue weighted by atomic mass is 31.2. The maximum absolute atomic E-state index is 12.3. The van der Waals surface area contributed by atoms with Crippen LogP contribution in [0.2, 0.25) is 0 Å². The minimum atomic E-state index is -4.75. The summed E-state index contributed by atoms with van der Waals surface area (Å²) in [5.41, 5.74) is 0. The molecule has 9 heteroatoms. The largest absolute Gasteiger partial charge is 0.469 e. The van der Waals surface area contributed by atoms with Gasteiger partial charge in [-0.1, -0.05) is 140 Å². The van der Waals surface area contributed by atoms with Gasteiger partial charge in [-0.05, 0) is 64.2 Å². The summed E-state index contributed by atoms with van der Waals surface area (Å²) < 4.78 is 26.3. The maximum Gasteiger partial charge on any atom is 0.469 e. The number of unbranched alkanes of at least 4 members (excludes halogenated alkanes) is 19. The number of phosphoric ester groups is 1. The quantitative estimate of drug-likeness (QED) is 0.0290. The number of hydrogen-bond donors (Lipinski definition) is 2. The van der Waals surface area contributed by atoms with E-state index in [4.69, 9.17) is 19.3 Å². The zero-order chi connectivity index (χ0) is 35.4. The molecule has 0 aromatic carbocycles. The predicted molar refractivity (Wildman–Crippen MR) is 198 cm³/mol. The molecule has 0 amide bonds. The average Bonchev–Trinajstić information content (AvgIpc) is 3.05. The molecule has 0 saturated carbocycles. The van der Waals surface area contributed by atoms with E-state index in [1.165, 1.54) is 70.6 Å². The Kier molecular flexibility index (Phi) is 33.8. The summed E-state index contributed by atoms with van der Waals surface area (Å²) in [6, 6.07) is 0. The molecule has 2 N–H and O–H groups in total. The van der Waals surface area contributed by atoms with Crippen LogP contribution in [0.15, 0.2) is 36.5 Å². The van der Waals surface area contributed by atoms with E-state index in [9.17, 15) is 14.2 Å². The van der Waals surface area contributed by atoms with Crippen LogP contribution >= 0.6 is 7.82 Å². The van der Waals surface area contributed by atoms with Crippen molar-refractivity contribution in [2.75, 3.05) is 13.2 Å². The number of carbonyl (C=O) groups is 2. The van der Waals surface area contributed by atoms with Gasteiger partial charge in [0.05, 0.1) is 6.61 Å². The fourth-order valence-electron chi connectivity index (χ4n) is 5.21. The van der Waals surface area contributed by atoms with Gasteiger partial charge in [-0.3, -0.25) is 14.1 Å². The SMILES string of the molecule is CCCC/C=C/CCCCCCCC(=O)O[C@H](COC(=O)CCCCCCCCCCC/C=C/C/C=C/CCCCC)COP(=O)(O)O. The number of phosphoric acid groups is 1. The van der Waals surface area contributed by atoms with Crippen LogP contribution in [0.3, 0.4) is 0 Å². The summed E-state index contributed by atoms with van der Waals surface area (Å²) >= 11 is 0. The van der Waals surface area contributed by atoms with Crippen LogP contribution in [-0.4, -0.2) is 41.0 Å². The van der Waals surface area contributed by atoms with Gasteiger partial charge in [-0.15, -0.1) is 0 Å². The molecule has 280 valence electrons. The minimum absolute atomic E-state index is 0.200. The molecule has 0 spiro atoms. The normalized spacial score (nSPS) is 12.8. The first kappa shape index (κ1) is 46.3. The van der Waals surface area contributed by atoms with E-state index >= 15 is 0 Å². The van der Waals surface area contributed by atoms with Crippen molar-refractivity contribution in [1.29, 1.82) is 0 Å². The maximum atomic E-state index is 12.3. The van der Waals surface area contributed by atoms with Gasteiger partial charge in [0.15, 0.2) is 6.10 Å². The number of esters is 2. The van der Waals surface area contributed by atoms with Crippen molar-refractivity contribution in [3.8, 4) is 0 Å². The molecule has 0 aromatic heterocycles. The van der Waals surface area contributed by atoms with E-state index in [-0.39, 0.29) is 19.4 Å². The Hall–Kier alpha value is -1.73. The Morgan fingerprint density at radius 3 is 1.46 bits per heavy atom. The lowest BCUT2D eigenvalue weighted by molar-refractivity contribution is -0.161. The first-order valence-electron chi connectivity index (χ1n) is 19.3. The van der Waals surface area contributed by atoms with Crippen LogP contribution in [0, 0.1) is 0 Å². The van der Waals surface area contributed by atoms with E-state index in [2.05, 4.69) is 54.8 Å². The van der Waals surface area contributed by atoms with Crippen molar-refractivity contribution in [2.24, 2.45) is 0 Å². The lowest BCUT2D eigenvalue weighted by atomic mass is 10.1. The molecule has 0 aliphatic heterocycles. The third-order valence-electron chi connectivity index (χ3n) is 8.13. The van der Waals surface area contributed by atoms with Crippen molar-refractivity contribution in [1.82, 2.24) is 0 Å². The Bertz CT molecular complexity index is 879. The zero-order valence-corrected chi connectivity index (χ0v) is 31.5. The molecule has 0 rings (SSSR count). The minimum Gasteiger partial charge on any atom is -0.462 e. The zero-order valence-electron chi connectivity index (χ0n) is 30.6. The predicted octanol–water partition coefficient (Wildman–Crippen LogP) is 11.4. The van der Waals surface area contributed by atoms with Crippen molar-refractivity contribution in [3.05, 3.63) is 36.5 Å². The summed E-state index contributed by atoms with van der Waals surface area (Å²) in [7, 11) is -4.75. The molecule has 0 fully saturated rings. The molecular weight excluding hydrogens is 627 g/mol. The second-order valence-corrected chi connectivity index (χ2v) is 14.1. The molecule has 0 saturated heterocycles. The first-order chi connectivity index (χ1) is 23.3. The molecule has 0 heterocycles. The molecule has 0 unspecified atom stereocenters. The summed E-state index contributed by atoms with van der Waals surface area (Å²) in [6.45, 7) is 3.60. The average molecular weight is 699 g/mol. The fourth-order valence-corrected chi connectivity index (χ4v) is 5.57.